The number of rotatable bonds is 7. The molecule has 1 aliphatic rings. The Balaban J connectivity index is 1.72. The fraction of sp³-hybridized carbons (Fsp3) is 0.409. The molecule has 0 saturated carbocycles. The molecule has 0 aliphatic carbocycles. The topological polar surface area (TPSA) is 142 Å². The fourth-order valence-electron chi connectivity index (χ4n) is 3.64. The first kappa shape index (κ1) is 25.2. The minimum Gasteiger partial charge on any atom is -0.487 e. The van der Waals surface area contributed by atoms with Crippen LogP contribution in [0.3, 0.4) is 0 Å². The molecule has 3 N–H and O–H groups in total. The number of nitrogens with one attached hydrogen (secondary N) is 1. The van der Waals surface area contributed by atoms with Gasteiger partial charge in [0.15, 0.2) is 21.4 Å². The standard InChI is InChI=1S/C22H27FN4O6S/c1-3-26-20(24)19(21(29)27(4-2)22(26)30)25-18(28)8-6-14-5-7-17(16(23)13-14)33-15-9-11-34(31,32)12-10-15/h5-8,13,15H,3-4,9-12,24H2,1-2H3,(H,25,28)/b8-6+. The maximum Gasteiger partial charge on any atom is 0.332 e. The third-order valence-corrected chi connectivity index (χ3v) is 7.24. The zero-order chi connectivity index (χ0) is 25.0. The Hall–Kier alpha value is -3.41. The Morgan fingerprint density at radius 1 is 1.21 bits per heavy atom. The van der Waals surface area contributed by atoms with Crippen LogP contribution in [0.2, 0.25) is 0 Å². The van der Waals surface area contributed by atoms with Gasteiger partial charge in [0.25, 0.3) is 5.56 Å². The summed E-state index contributed by atoms with van der Waals surface area (Å²) in [7, 11) is -3.04. The second-order valence-electron chi connectivity index (χ2n) is 7.82. The van der Waals surface area contributed by atoms with Crippen LogP contribution in [0, 0.1) is 5.82 Å². The van der Waals surface area contributed by atoms with Crippen molar-refractivity contribution in [1.29, 1.82) is 0 Å². The molecule has 0 unspecified atom stereocenters. The Kier molecular flexibility index (Phi) is 7.60. The molecule has 1 aromatic carbocycles. The highest BCUT2D eigenvalue weighted by Gasteiger charge is 2.25. The van der Waals surface area contributed by atoms with Gasteiger partial charge in [0, 0.05) is 19.2 Å². The van der Waals surface area contributed by atoms with Gasteiger partial charge in [-0.05, 0) is 50.5 Å². The first-order valence-electron chi connectivity index (χ1n) is 10.8. The maximum absolute atomic E-state index is 14.5. The van der Waals surface area contributed by atoms with Crippen LogP contribution in [-0.2, 0) is 27.7 Å². The minimum absolute atomic E-state index is 0.000567. The van der Waals surface area contributed by atoms with Crippen LogP contribution < -0.4 is 27.0 Å². The molecule has 1 saturated heterocycles. The largest absolute Gasteiger partial charge is 0.487 e. The number of amides is 1. The normalized spacial score (nSPS) is 16.0. The highest BCUT2D eigenvalue weighted by Crippen LogP contribution is 2.24. The molecule has 0 spiro atoms. The van der Waals surface area contributed by atoms with E-state index >= 15 is 0 Å². The predicted octanol–water partition coefficient (Wildman–Crippen LogP) is 1.38. The van der Waals surface area contributed by atoms with Gasteiger partial charge >= 0.3 is 5.69 Å². The van der Waals surface area contributed by atoms with E-state index in [1.807, 2.05) is 0 Å². The smallest absolute Gasteiger partial charge is 0.332 e. The average Bonchev–Trinajstić information content (AvgIpc) is 2.79. The molecule has 0 atom stereocenters. The summed E-state index contributed by atoms with van der Waals surface area (Å²) in [6, 6.07) is 4.12. The highest BCUT2D eigenvalue weighted by atomic mass is 32.2. The van der Waals surface area contributed by atoms with Crippen molar-refractivity contribution in [2.75, 3.05) is 22.6 Å². The minimum atomic E-state index is -3.04. The van der Waals surface area contributed by atoms with Crippen LogP contribution in [0.5, 0.6) is 5.75 Å². The van der Waals surface area contributed by atoms with Crippen LogP contribution in [0.25, 0.3) is 6.08 Å². The van der Waals surface area contributed by atoms with Crippen LogP contribution in [-0.4, -0.2) is 41.1 Å². The number of halogens is 1. The van der Waals surface area contributed by atoms with E-state index < -0.39 is 32.8 Å². The van der Waals surface area contributed by atoms with Crippen LogP contribution >= 0.6 is 0 Å². The summed E-state index contributed by atoms with van der Waals surface area (Å²) in [6.07, 6.45) is 2.68. The number of hydrogen-bond acceptors (Lipinski definition) is 7. The van der Waals surface area contributed by atoms with E-state index in [2.05, 4.69) is 5.32 Å². The molecule has 1 fully saturated rings. The zero-order valence-corrected chi connectivity index (χ0v) is 19.7. The van der Waals surface area contributed by atoms with Gasteiger partial charge in [-0.25, -0.2) is 17.6 Å². The molecule has 1 aliphatic heterocycles. The Bertz CT molecular complexity index is 1330. The number of nitrogens with two attached hydrogens (primary N) is 1. The highest BCUT2D eigenvalue weighted by molar-refractivity contribution is 7.91. The number of nitrogens with zero attached hydrogens (tertiary/aromatic N) is 2. The second kappa shape index (κ2) is 10.2. The van der Waals surface area contributed by atoms with E-state index in [1.54, 1.807) is 13.8 Å². The first-order chi connectivity index (χ1) is 16.1. The monoisotopic (exact) mass is 494 g/mol. The number of ether oxygens (including phenoxy) is 1. The second-order valence-corrected chi connectivity index (χ2v) is 10.1. The lowest BCUT2D eigenvalue weighted by Gasteiger charge is -2.23. The maximum atomic E-state index is 14.5. The molecule has 0 radical (unpaired) electrons. The van der Waals surface area contributed by atoms with Gasteiger partial charge in [-0.2, -0.15) is 0 Å². The predicted molar refractivity (Wildman–Crippen MR) is 127 cm³/mol. The van der Waals surface area contributed by atoms with E-state index in [1.165, 1.54) is 28.8 Å². The molecule has 34 heavy (non-hydrogen) atoms. The molecule has 2 aromatic rings. The van der Waals surface area contributed by atoms with Crippen molar-refractivity contribution in [3.8, 4) is 5.75 Å². The van der Waals surface area contributed by atoms with Crippen molar-refractivity contribution < 1.29 is 22.3 Å². The first-order valence-corrected chi connectivity index (χ1v) is 12.7. The SMILES string of the molecule is CCn1c(N)c(NC(=O)/C=C/c2ccc(OC3CCS(=O)(=O)CC3)c(F)c2)c(=O)n(CC)c1=O. The van der Waals surface area contributed by atoms with Gasteiger partial charge in [-0.15, -0.1) is 0 Å². The van der Waals surface area contributed by atoms with E-state index in [4.69, 9.17) is 10.5 Å². The number of nitrogen functional groups attached to an aromatic ring is 1. The fourth-order valence-corrected chi connectivity index (χ4v) is 5.08. The number of sulfone groups is 1. The summed E-state index contributed by atoms with van der Waals surface area (Å²) in [5.41, 5.74) is 4.80. The van der Waals surface area contributed by atoms with Gasteiger partial charge in [0.05, 0.1) is 11.5 Å². The lowest BCUT2D eigenvalue weighted by molar-refractivity contribution is -0.111. The molecule has 1 amide bonds. The van der Waals surface area contributed by atoms with Gasteiger partial charge in [-0.3, -0.25) is 18.7 Å². The van der Waals surface area contributed by atoms with E-state index in [-0.39, 0.29) is 48.0 Å². The number of aromatic nitrogens is 2. The van der Waals surface area contributed by atoms with Crippen molar-refractivity contribution in [3.05, 3.63) is 56.5 Å². The summed E-state index contributed by atoms with van der Waals surface area (Å²) in [5.74, 6) is -1.46. The number of anilines is 2. The number of benzene rings is 1. The molecule has 10 nitrogen and oxygen atoms in total. The number of carbonyl (C=O) groups is 1. The van der Waals surface area contributed by atoms with Crippen molar-refractivity contribution >= 4 is 33.3 Å². The van der Waals surface area contributed by atoms with Gasteiger partial charge in [0.2, 0.25) is 5.91 Å². The lowest BCUT2D eigenvalue weighted by atomic mass is 10.1. The average molecular weight is 495 g/mol. The van der Waals surface area contributed by atoms with Gasteiger partial charge in [-0.1, -0.05) is 6.07 Å². The van der Waals surface area contributed by atoms with Crippen LogP contribution in [0.1, 0.15) is 32.3 Å². The van der Waals surface area contributed by atoms with Crippen LogP contribution in [0.4, 0.5) is 15.9 Å². The summed E-state index contributed by atoms with van der Waals surface area (Å²) in [6.45, 7) is 3.64. The summed E-state index contributed by atoms with van der Waals surface area (Å²) < 4.78 is 45.2. The van der Waals surface area contributed by atoms with Crippen molar-refractivity contribution in [2.45, 2.75) is 45.9 Å². The van der Waals surface area contributed by atoms with E-state index in [9.17, 15) is 27.2 Å². The Morgan fingerprint density at radius 2 is 1.85 bits per heavy atom. The molecule has 3 rings (SSSR count). The number of hydrogen-bond donors (Lipinski definition) is 2. The molecule has 0 bridgehead atoms. The van der Waals surface area contributed by atoms with Crippen molar-refractivity contribution in [2.24, 2.45) is 0 Å². The quantitative estimate of drug-likeness (QED) is 0.554. The van der Waals surface area contributed by atoms with Gasteiger partial charge < -0.3 is 15.8 Å². The Morgan fingerprint density at radius 3 is 2.44 bits per heavy atom. The molecular formula is C22H27FN4O6S. The molecule has 184 valence electrons. The van der Waals surface area contributed by atoms with Gasteiger partial charge in [0.1, 0.15) is 17.6 Å². The lowest BCUT2D eigenvalue weighted by Crippen LogP contribution is -2.42. The number of carbonyl (C=O) groups excluding carboxylic acids is 1. The third-order valence-electron chi connectivity index (χ3n) is 5.53. The summed E-state index contributed by atoms with van der Waals surface area (Å²) >= 11 is 0. The summed E-state index contributed by atoms with van der Waals surface area (Å²) in [5, 5.41) is 2.40. The Labute approximate surface area is 195 Å². The van der Waals surface area contributed by atoms with Crippen molar-refractivity contribution in [3.63, 3.8) is 0 Å². The summed E-state index contributed by atoms with van der Waals surface area (Å²) in [4.78, 5) is 37.2. The molecule has 12 heteroatoms. The van der Waals surface area contributed by atoms with E-state index in [0.717, 1.165) is 10.6 Å². The zero-order valence-electron chi connectivity index (χ0n) is 18.9. The van der Waals surface area contributed by atoms with E-state index in [0.29, 0.717) is 18.4 Å². The molecule has 1 aromatic heterocycles. The molecule has 2 heterocycles. The van der Waals surface area contributed by atoms with Crippen molar-refractivity contribution in [1.82, 2.24) is 9.13 Å². The third kappa shape index (κ3) is 5.56. The molecular weight excluding hydrogens is 467 g/mol. The van der Waals surface area contributed by atoms with Crippen LogP contribution in [0.15, 0.2) is 33.9 Å².